The summed E-state index contributed by atoms with van der Waals surface area (Å²) in [6.45, 7) is 29.1. The first-order valence-electron chi connectivity index (χ1n) is 13.0. The molecule has 200 valence electrons. The molecular formula is C26H54N2O4Si2. The van der Waals surface area contributed by atoms with Crippen LogP contribution in [0.3, 0.4) is 0 Å². The molecule has 6 nitrogen and oxygen atoms in total. The summed E-state index contributed by atoms with van der Waals surface area (Å²) < 4.78 is 11.6. The van der Waals surface area contributed by atoms with E-state index in [0.717, 1.165) is 57.9 Å². The lowest BCUT2D eigenvalue weighted by Crippen LogP contribution is -2.40. The number of hydrogen-bond acceptors (Lipinski definition) is 4. The molecule has 0 aromatic rings. The van der Waals surface area contributed by atoms with Crippen molar-refractivity contribution in [2.75, 3.05) is 39.4 Å². The van der Waals surface area contributed by atoms with E-state index in [1.807, 2.05) is 23.6 Å². The average Bonchev–Trinajstić information content (AvgIpc) is 2.76. The number of rotatable bonds is 18. The maximum absolute atomic E-state index is 11.7. The third-order valence-corrected chi connectivity index (χ3v) is 10.2. The quantitative estimate of drug-likeness (QED) is 0.164. The lowest BCUT2D eigenvalue weighted by atomic mass is 10.3. The highest BCUT2D eigenvalue weighted by Crippen LogP contribution is 2.16. The molecule has 0 spiro atoms. The van der Waals surface area contributed by atoms with E-state index in [0.29, 0.717) is 13.2 Å². The van der Waals surface area contributed by atoms with Crippen molar-refractivity contribution in [3.8, 4) is 0 Å². The molecule has 2 amide bonds. The van der Waals surface area contributed by atoms with Crippen LogP contribution in [0.5, 0.6) is 0 Å². The van der Waals surface area contributed by atoms with E-state index in [1.54, 1.807) is 0 Å². The molecule has 0 saturated heterocycles. The molecule has 0 fully saturated rings. The first-order valence-corrected chi connectivity index (χ1v) is 19.3. The van der Waals surface area contributed by atoms with E-state index < -0.39 is 16.6 Å². The van der Waals surface area contributed by atoms with Crippen LogP contribution in [0.15, 0.2) is 25.3 Å². The van der Waals surface area contributed by atoms with Gasteiger partial charge in [-0.05, 0) is 64.3 Å². The molecule has 0 rings (SSSR count). The summed E-state index contributed by atoms with van der Waals surface area (Å²) in [5.74, 6) is 0.0884. The van der Waals surface area contributed by atoms with Gasteiger partial charge in [-0.3, -0.25) is 9.59 Å². The standard InChI is InChI=1S/C14H29NO3Si.C12H25NOSi/c1-6-11-15(14(16)7-2)12-10-13-19(5,17-8-3)18-9-4;1-6-9-13(12(14)7-2)10-8-11-15(3,4)5/h7H,2,6,8-13H2,1,3-5H3;7H,2,6,8-11H2,1,3-5H3. The summed E-state index contributed by atoms with van der Waals surface area (Å²) in [5, 5.41) is 0. The van der Waals surface area contributed by atoms with Gasteiger partial charge in [-0.25, -0.2) is 0 Å². The fraction of sp³-hybridized carbons (Fsp3) is 0.769. The zero-order valence-electron chi connectivity index (χ0n) is 23.6. The minimum absolute atomic E-state index is 0.0121. The van der Waals surface area contributed by atoms with Crippen LogP contribution in [0.25, 0.3) is 0 Å². The van der Waals surface area contributed by atoms with Crippen LogP contribution < -0.4 is 0 Å². The minimum Gasteiger partial charge on any atom is -0.395 e. The Hall–Kier alpha value is -1.23. The molecule has 0 bridgehead atoms. The fourth-order valence-corrected chi connectivity index (χ4v) is 7.26. The molecule has 0 N–H and O–H groups in total. The van der Waals surface area contributed by atoms with Crippen molar-refractivity contribution in [1.82, 2.24) is 9.80 Å². The van der Waals surface area contributed by atoms with Crippen molar-refractivity contribution in [1.29, 1.82) is 0 Å². The molecular weight excluding hydrogens is 460 g/mol. The van der Waals surface area contributed by atoms with Gasteiger partial charge < -0.3 is 18.7 Å². The van der Waals surface area contributed by atoms with Crippen molar-refractivity contribution < 1.29 is 18.4 Å². The second-order valence-electron chi connectivity index (χ2n) is 9.83. The molecule has 0 aliphatic rings. The van der Waals surface area contributed by atoms with E-state index >= 15 is 0 Å². The molecule has 0 atom stereocenters. The van der Waals surface area contributed by atoms with Crippen molar-refractivity contribution in [2.24, 2.45) is 0 Å². The number of carbonyl (C=O) groups excluding carboxylic acids is 2. The highest BCUT2D eigenvalue weighted by molar-refractivity contribution is 6.76. The number of amides is 2. The maximum atomic E-state index is 11.7. The van der Waals surface area contributed by atoms with E-state index in [9.17, 15) is 9.59 Å². The van der Waals surface area contributed by atoms with Gasteiger partial charge in [0.2, 0.25) is 11.8 Å². The predicted molar refractivity (Wildman–Crippen MR) is 151 cm³/mol. The Bertz CT molecular complexity index is 574. The Labute approximate surface area is 213 Å². The first kappa shape index (κ1) is 34.9. The summed E-state index contributed by atoms with van der Waals surface area (Å²) in [7, 11) is -3.00. The SMILES string of the molecule is C=CC(=O)N(CCC)CCC[Si](C)(C)C.C=CC(=O)N(CCC)CCC[Si](C)(OCC)OCC. The summed E-state index contributed by atoms with van der Waals surface area (Å²) in [5.41, 5.74) is 0. The largest absolute Gasteiger partial charge is 0.395 e. The van der Waals surface area contributed by atoms with Gasteiger partial charge in [-0.1, -0.05) is 52.7 Å². The van der Waals surface area contributed by atoms with Gasteiger partial charge >= 0.3 is 8.56 Å². The zero-order chi connectivity index (χ0) is 26.6. The Balaban J connectivity index is 0. The van der Waals surface area contributed by atoms with E-state index in [4.69, 9.17) is 8.85 Å². The predicted octanol–water partition coefficient (Wildman–Crippen LogP) is 6.09. The Kier molecular flexibility index (Phi) is 20.6. The average molecular weight is 515 g/mol. The fourth-order valence-electron chi connectivity index (χ4n) is 3.65. The van der Waals surface area contributed by atoms with Gasteiger partial charge in [0.1, 0.15) is 0 Å². The normalized spacial score (nSPS) is 11.3. The van der Waals surface area contributed by atoms with Crippen molar-refractivity contribution in [3.63, 3.8) is 0 Å². The summed E-state index contributed by atoms with van der Waals surface area (Å²) in [4.78, 5) is 26.9. The Morgan fingerprint density at radius 3 is 1.38 bits per heavy atom. The summed E-state index contributed by atoms with van der Waals surface area (Å²) >= 11 is 0. The lowest BCUT2D eigenvalue weighted by Gasteiger charge is -2.27. The van der Waals surface area contributed by atoms with Crippen LogP contribution >= 0.6 is 0 Å². The van der Waals surface area contributed by atoms with Crippen LogP contribution in [-0.4, -0.2) is 77.6 Å². The minimum atomic E-state index is -2.05. The van der Waals surface area contributed by atoms with Gasteiger partial charge in [0.25, 0.3) is 0 Å². The molecule has 0 aliphatic heterocycles. The first-order chi connectivity index (χ1) is 15.9. The highest BCUT2D eigenvalue weighted by atomic mass is 28.4. The smallest absolute Gasteiger partial charge is 0.334 e. The van der Waals surface area contributed by atoms with Crippen molar-refractivity contribution >= 4 is 28.4 Å². The van der Waals surface area contributed by atoms with E-state index in [2.05, 4.69) is 53.2 Å². The van der Waals surface area contributed by atoms with Crippen LogP contribution in [-0.2, 0) is 18.4 Å². The monoisotopic (exact) mass is 514 g/mol. The third-order valence-electron chi connectivity index (χ3n) is 5.27. The molecule has 0 aliphatic carbocycles. The molecule has 0 unspecified atom stereocenters. The highest BCUT2D eigenvalue weighted by Gasteiger charge is 2.30. The summed E-state index contributed by atoms with van der Waals surface area (Å²) in [6.07, 6.45) is 6.84. The molecule has 0 heterocycles. The Morgan fingerprint density at radius 1 is 0.706 bits per heavy atom. The van der Waals surface area contributed by atoms with Gasteiger partial charge in [0, 0.05) is 47.5 Å². The number of hydrogen-bond donors (Lipinski definition) is 0. The van der Waals surface area contributed by atoms with Crippen LogP contribution in [0.2, 0.25) is 38.3 Å². The number of nitrogens with zero attached hydrogens (tertiary/aromatic N) is 2. The van der Waals surface area contributed by atoms with Crippen LogP contribution in [0.4, 0.5) is 0 Å². The second-order valence-corrected chi connectivity index (χ2v) is 18.8. The van der Waals surface area contributed by atoms with Gasteiger partial charge in [-0.15, -0.1) is 0 Å². The van der Waals surface area contributed by atoms with Gasteiger partial charge in [0.05, 0.1) is 0 Å². The lowest BCUT2D eigenvalue weighted by molar-refractivity contribution is -0.126. The van der Waals surface area contributed by atoms with Crippen molar-refractivity contribution in [3.05, 3.63) is 25.3 Å². The molecule has 8 heteroatoms. The summed E-state index contributed by atoms with van der Waals surface area (Å²) in [6, 6.07) is 2.21. The van der Waals surface area contributed by atoms with Crippen LogP contribution in [0, 0.1) is 0 Å². The van der Waals surface area contributed by atoms with Gasteiger partial charge in [-0.2, -0.15) is 0 Å². The molecule has 0 aromatic carbocycles. The van der Waals surface area contributed by atoms with Gasteiger partial charge in [0.15, 0.2) is 0 Å². The maximum Gasteiger partial charge on any atom is 0.334 e. The van der Waals surface area contributed by atoms with E-state index in [-0.39, 0.29) is 11.8 Å². The van der Waals surface area contributed by atoms with E-state index in [1.165, 1.54) is 18.2 Å². The third kappa shape index (κ3) is 18.1. The Morgan fingerprint density at radius 2 is 1.09 bits per heavy atom. The molecule has 0 radical (unpaired) electrons. The van der Waals surface area contributed by atoms with Crippen LogP contribution in [0.1, 0.15) is 53.4 Å². The second kappa shape index (κ2) is 20.0. The topological polar surface area (TPSA) is 59.1 Å². The van der Waals surface area contributed by atoms with Crippen molar-refractivity contribution in [2.45, 2.75) is 91.7 Å². The molecule has 0 saturated carbocycles. The zero-order valence-corrected chi connectivity index (χ0v) is 25.6. The molecule has 34 heavy (non-hydrogen) atoms. The molecule has 0 aromatic heterocycles. The number of carbonyl (C=O) groups is 2.